The SMILES string of the molecule is COc1ccc(-c2noc(COC(=O)/C=C/c3cccc4cccnc34)n2)c(OC)c1. The van der Waals surface area contributed by atoms with Gasteiger partial charge in [0.1, 0.15) is 11.5 Å². The van der Waals surface area contributed by atoms with E-state index in [-0.39, 0.29) is 12.5 Å². The van der Waals surface area contributed by atoms with Crippen molar-refractivity contribution in [3.8, 4) is 22.9 Å². The number of rotatable bonds is 7. The van der Waals surface area contributed by atoms with Gasteiger partial charge < -0.3 is 18.7 Å². The summed E-state index contributed by atoms with van der Waals surface area (Å²) in [4.78, 5) is 20.7. The van der Waals surface area contributed by atoms with E-state index in [1.807, 2.05) is 30.3 Å². The van der Waals surface area contributed by atoms with E-state index in [0.717, 1.165) is 16.5 Å². The number of ether oxygens (including phenoxy) is 3. The second-order valence-corrected chi connectivity index (χ2v) is 6.44. The maximum absolute atomic E-state index is 12.1. The van der Waals surface area contributed by atoms with Crippen molar-refractivity contribution in [2.45, 2.75) is 6.61 Å². The summed E-state index contributed by atoms with van der Waals surface area (Å²) in [5.41, 5.74) is 2.26. The van der Waals surface area contributed by atoms with Crippen LogP contribution in [0.3, 0.4) is 0 Å². The van der Waals surface area contributed by atoms with Gasteiger partial charge in [0.2, 0.25) is 5.82 Å². The molecule has 0 aliphatic heterocycles. The zero-order valence-corrected chi connectivity index (χ0v) is 16.9. The number of pyridine rings is 1. The van der Waals surface area contributed by atoms with Crippen molar-refractivity contribution in [2.75, 3.05) is 14.2 Å². The third-order valence-electron chi connectivity index (χ3n) is 4.52. The summed E-state index contributed by atoms with van der Waals surface area (Å²) in [6.07, 6.45) is 4.72. The summed E-state index contributed by atoms with van der Waals surface area (Å²) in [6.45, 7) is -0.150. The van der Waals surface area contributed by atoms with Gasteiger partial charge in [-0.2, -0.15) is 4.98 Å². The van der Waals surface area contributed by atoms with Crippen molar-refractivity contribution in [1.29, 1.82) is 0 Å². The van der Waals surface area contributed by atoms with E-state index >= 15 is 0 Å². The number of nitrogens with zero attached hydrogens (tertiary/aromatic N) is 3. The first-order chi connectivity index (χ1) is 15.2. The van der Waals surface area contributed by atoms with Crippen LogP contribution >= 0.6 is 0 Å². The molecule has 4 aromatic rings. The molecule has 0 saturated heterocycles. The van der Waals surface area contributed by atoms with Gasteiger partial charge in [0.25, 0.3) is 5.89 Å². The Hall–Kier alpha value is -4.20. The van der Waals surface area contributed by atoms with Gasteiger partial charge in [0.05, 0.1) is 25.3 Å². The molecular weight excluding hydrogens is 398 g/mol. The molecule has 4 rings (SSSR count). The summed E-state index contributed by atoms with van der Waals surface area (Å²) in [7, 11) is 3.11. The Labute approximate surface area is 178 Å². The van der Waals surface area contributed by atoms with E-state index in [1.54, 1.807) is 44.7 Å². The number of benzene rings is 2. The lowest BCUT2D eigenvalue weighted by atomic mass is 10.1. The Morgan fingerprint density at radius 2 is 1.97 bits per heavy atom. The van der Waals surface area contributed by atoms with Gasteiger partial charge in [-0.05, 0) is 24.3 Å². The summed E-state index contributed by atoms with van der Waals surface area (Å²) in [6, 6.07) is 14.8. The van der Waals surface area contributed by atoms with Crippen LogP contribution in [-0.2, 0) is 16.1 Å². The fourth-order valence-corrected chi connectivity index (χ4v) is 3.01. The van der Waals surface area contributed by atoms with Gasteiger partial charge in [-0.1, -0.05) is 29.4 Å². The van der Waals surface area contributed by atoms with Crippen LogP contribution in [0.15, 0.2) is 65.3 Å². The number of fused-ring (bicyclic) bond motifs is 1. The Bertz CT molecular complexity index is 1240. The predicted molar refractivity (Wildman–Crippen MR) is 113 cm³/mol. The largest absolute Gasteiger partial charge is 0.497 e. The number of aromatic nitrogens is 3. The molecule has 2 heterocycles. The van der Waals surface area contributed by atoms with Crippen LogP contribution in [0.2, 0.25) is 0 Å². The fraction of sp³-hybridized carbons (Fsp3) is 0.130. The highest BCUT2D eigenvalue weighted by Gasteiger charge is 2.15. The lowest BCUT2D eigenvalue weighted by Crippen LogP contribution is -2.01. The molecule has 156 valence electrons. The smallest absolute Gasteiger partial charge is 0.331 e. The zero-order chi connectivity index (χ0) is 21.6. The number of esters is 1. The van der Waals surface area contributed by atoms with Crippen LogP contribution in [-0.4, -0.2) is 35.3 Å². The normalized spacial score (nSPS) is 11.0. The quantitative estimate of drug-likeness (QED) is 0.328. The van der Waals surface area contributed by atoms with Crippen molar-refractivity contribution in [3.63, 3.8) is 0 Å². The molecule has 0 N–H and O–H groups in total. The minimum absolute atomic E-state index is 0.150. The monoisotopic (exact) mass is 417 g/mol. The van der Waals surface area contributed by atoms with Crippen molar-refractivity contribution in [1.82, 2.24) is 15.1 Å². The molecule has 0 fully saturated rings. The first-order valence-corrected chi connectivity index (χ1v) is 9.41. The molecule has 0 radical (unpaired) electrons. The third kappa shape index (κ3) is 4.53. The number of carbonyl (C=O) groups is 1. The van der Waals surface area contributed by atoms with Gasteiger partial charge in [-0.15, -0.1) is 0 Å². The number of para-hydroxylation sites is 1. The number of carbonyl (C=O) groups excluding carboxylic acids is 1. The van der Waals surface area contributed by atoms with Crippen molar-refractivity contribution < 1.29 is 23.5 Å². The average molecular weight is 417 g/mol. The Morgan fingerprint density at radius 1 is 1.10 bits per heavy atom. The summed E-state index contributed by atoms with van der Waals surface area (Å²) < 4.78 is 20.9. The van der Waals surface area contributed by atoms with Crippen molar-refractivity contribution in [3.05, 3.63) is 72.3 Å². The van der Waals surface area contributed by atoms with Crippen molar-refractivity contribution in [2.24, 2.45) is 0 Å². The minimum atomic E-state index is -0.533. The number of hydrogen-bond donors (Lipinski definition) is 0. The molecule has 31 heavy (non-hydrogen) atoms. The maximum atomic E-state index is 12.1. The van der Waals surface area contributed by atoms with E-state index in [1.165, 1.54) is 6.08 Å². The third-order valence-corrected chi connectivity index (χ3v) is 4.52. The lowest BCUT2D eigenvalue weighted by molar-refractivity contribution is -0.139. The van der Waals surface area contributed by atoms with Gasteiger partial charge >= 0.3 is 5.97 Å². The van der Waals surface area contributed by atoms with Crippen LogP contribution in [0.5, 0.6) is 11.5 Å². The average Bonchev–Trinajstić information content (AvgIpc) is 3.29. The first kappa shape index (κ1) is 20.1. The maximum Gasteiger partial charge on any atom is 0.331 e. The molecule has 0 spiro atoms. The molecule has 0 amide bonds. The highest BCUT2D eigenvalue weighted by Crippen LogP contribution is 2.31. The highest BCUT2D eigenvalue weighted by atomic mass is 16.6. The second-order valence-electron chi connectivity index (χ2n) is 6.44. The molecule has 0 unspecified atom stereocenters. The van der Waals surface area contributed by atoms with E-state index in [2.05, 4.69) is 15.1 Å². The van der Waals surface area contributed by atoms with E-state index in [0.29, 0.717) is 22.9 Å². The van der Waals surface area contributed by atoms with Gasteiger partial charge in [0.15, 0.2) is 6.61 Å². The Kier molecular flexibility index (Phi) is 5.89. The predicted octanol–water partition coefficient (Wildman–Crippen LogP) is 4.06. The molecule has 0 aliphatic rings. The van der Waals surface area contributed by atoms with Gasteiger partial charge in [-0.25, -0.2) is 4.79 Å². The van der Waals surface area contributed by atoms with Crippen LogP contribution in [0, 0.1) is 0 Å². The van der Waals surface area contributed by atoms with Crippen molar-refractivity contribution >= 4 is 22.9 Å². The van der Waals surface area contributed by atoms with E-state index in [9.17, 15) is 4.79 Å². The fourth-order valence-electron chi connectivity index (χ4n) is 3.01. The minimum Gasteiger partial charge on any atom is -0.497 e. The second kappa shape index (κ2) is 9.08. The zero-order valence-electron chi connectivity index (χ0n) is 16.9. The van der Waals surface area contributed by atoms with Crippen LogP contribution in [0.1, 0.15) is 11.5 Å². The molecule has 0 aliphatic carbocycles. The van der Waals surface area contributed by atoms with Gasteiger partial charge in [0, 0.05) is 29.3 Å². The van der Waals surface area contributed by atoms with E-state index < -0.39 is 5.97 Å². The molecule has 2 aromatic heterocycles. The Balaban J connectivity index is 1.42. The molecule has 0 bridgehead atoms. The summed E-state index contributed by atoms with van der Waals surface area (Å²) >= 11 is 0. The standard InChI is InChI=1S/C23H19N3O5/c1-28-17-9-10-18(19(13-17)29-2)23-25-20(31-26-23)14-30-21(27)11-8-16-6-3-5-15-7-4-12-24-22(15)16/h3-13H,14H2,1-2H3/b11-8+. The molecule has 0 saturated carbocycles. The van der Waals surface area contributed by atoms with Gasteiger partial charge in [-0.3, -0.25) is 4.98 Å². The number of methoxy groups -OCH3 is 2. The number of hydrogen-bond acceptors (Lipinski definition) is 8. The van der Waals surface area contributed by atoms with Crippen LogP contribution in [0.4, 0.5) is 0 Å². The molecule has 8 heteroatoms. The summed E-state index contributed by atoms with van der Waals surface area (Å²) in [5.74, 6) is 1.14. The van der Waals surface area contributed by atoms with E-state index in [4.69, 9.17) is 18.7 Å². The molecular formula is C23H19N3O5. The Morgan fingerprint density at radius 3 is 2.81 bits per heavy atom. The highest BCUT2D eigenvalue weighted by molar-refractivity contribution is 5.92. The first-order valence-electron chi connectivity index (χ1n) is 9.41. The lowest BCUT2D eigenvalue weighted by Gasteiger charge is -2.07. The molecule has 2 aromatic carbocycles. The molecule has 8 nitrogen and oxygen atoms in total. The topological polar surface area (TPSA) is 96.6 Å². The summed E-state index contributed by atoms with van der Waals surface area (Å²) in [5, 5.41) is 4.92. The van der Waals surface area contributed by atoms with Crippen LogP contribution < -0.4 is 9.47 Å². The molecule has 0 atom stereocenters. The van der Waals surface area contributed by atoms with Crippen LogP contribution in [0.25, 0.3) is 28.4 Å².